The van der Waals surface area contributed by atoms with E-state index < -0.39 is 0 Å². The number of nitrogens with one attached hydrogen (secondary N) is 1. The summed E-state index contributed by atoms with van der Waals surface area (Å²) in [5.41, 5.74) is 0.312. The lowest BCUT2D eigenvalue weighted by Gasteiger charge is -2.47. The van der Waals surface area contributed by atoms with E-state index in [9.17, 15) is 0 Å². The first-order chi connectivity index (χ1) is 8.55. The van der Waals surface area contributed by atoms with Gasteiger partial charge in [0.25, 0.3) is 0 Å². The van der Waals surface area contributed by atoms with Crippen LogP contribution in [0.1, 0.15) is 59.3 Å². The van der Waals surface area contributed by atoms with E-state index in [4.69, 9.17) is 0 Å². The van der Waals surface area contributed by atoms with Gasteiger partial charge in [-0.3, -0.25) is 4.90 Å². The van der Waals surface area contributed by atoms with Crippen molar-refractivity contribution in [2.75, 3.05) is 20.1 Å². The fourth-order valence-electron chi connectivity index (χ4n) is 4.44. The normalized spacial score (nSPS) is 32.7. The third kappa shape index (κ3) is 2.91. The minimum Gasteiger partial charge on any atom is -0.315 e. The zero-order valence-electron chi connectivity index (χ0n) is 12.8. The average molecular weight is 252 g/mol. The third-order valence-electron chi connectivity index (χ3n) is 5.44. The van der Waals surface area contributed by atoms with Crippen molar-refractivity contribution in [2.24, 2.45) is 11.8 Å². The molecule has 1 saturated heterocycles. The van der Waals surface area contributed by atoms with Gasteiger partial charge in [-0.2, -0.15) is 0 Å². The second kappa shape index (κ2) is 5.92. The van der Waals surface area contributed by atoms with E-state index in [-0.39, 0.29) is 0 Å². The van der Waals surface area contributed by atoms with Gasteiger partial charge in [0.15, 0.2) is 0 Å². The fourth-order valence-corrected chi connectivity index (χ4v) is 4.44. The summed E-state index contributed by atoms with van der Waals surface area (Å²) in [6.07, 6.45) is 8.49. The van der Waals surface area contributed by atoms with Crippen LogP contribution in [0.3, 0.4) is 0 Å². The van der Waals surface area contributed by atoms with Crippen molar-refractivity contribution in [1.82, 2.24) is 10.2 Å². The van der Waals surface area contributed by atoms with E-state index >= 15 is 0 Å². The maximum absolute atomic E-state index is 3.67. The summed E-state index contributed by atoms with van der Waals surface area (Å²) >= 11 is 0. The van der Waals surface area contributed by atoms with Gasteiger partial charge in [-0.15, -0.1) is 0 Å². The number of likely N-dealkylation sites (tertiary alicyclic amines) is 1. The maximum atomic E-state index is 3.67. The summed E-state index contributed by atoms with van der Waals surface area (Å²) < 4.78 is 0. The Bertz CT molecular complexity index is 256. The van der Waals surface area contributed by atoms with Gasteiger partial charge in [0.05, 0.1) is 0 Å². The number of rotatable bonds is 4. The van der Waals surface area contributed by atoms with Gasteiger partial charge >= 0.3 is 0 Å². The first-order valence-electron chi connectivity index (χ1n) is 7.98. The lowest BCUT2D eigenvalue weighted by Crippen LogP contribution is -2.59. The molecule has 0 bridgehead atoms. The van der Waals surface area contributed by atoms with Gasteiger partial charge < -0.3 is 5.32 Å². The molecule has 0 aromatic carbocycles. The first kappa shape index (κ1) is 14.3. The lowest BCUT2D eigenvalue weighted by molar-refractivity contribution is 0.0623. The van der Waals surface area contributed by atoms with Gasteiger partial charge in [0.1, 0.15) is 0 Å². The van der Waals surface area contributed by atoms with Gasteiger partial charge in [0.2, 0.25) is 0 Å². The molecule has 3 atom stereocenters. The number of likely N-dealkylation sites (N-methyl/N-ethyl adjacent to an activating group) is 1. The van der Waals surface area contributed by atoms with E-state index in [1.165, 1.54) is 51.6 Å². The zero-order valence-corrected chi connectivity index (χ0v) is 12.8. The molecule has 106 valence electrons. The molecule has 0 amide bonds. The monoisotopic (exact) mass is 252 g/mol. The van der Waals surface area contributed by atoms with Crippen molar-refractivity contribution in [1.29, 1.82) is 0 Å². The highest BCUT2D eigenvalue weighted by Gasteiger charge is 2.40. The van der Waals surface area contributed by atoms with Crippen LogP contribution in [0, 0.1) is 11.8 Å². The summed E-state index contributed by atoms with van der Waals surface area (Å²) in [4.78, 5) is 2.72. The van der Waals surface area contributed by atoms with Crippen LogP contribution in [0.2, 0.25) is 0 Å². The molecule has 0 spiro atoms. The molecule has 18 heavy (non-hydrogen) atoms. The minimum atomic E-state index is 0.312. The predicted octanol–water partition coefficient (Wildman–Crippen LogP) is 3.28. The molecule has 0 aromatic heterocycles. The Balaban J connectivity index is 2.05. The Hall–Kier alpha value is -0.0800. The average Bonchev–Trinajstić information content (AvgIpc) is 2.83. The lowest BCUT2D eigenvalue weighted by atomic mass is 9.72. The van der Waals surface area contributed by atoms with Crippen LogP contribution in [0.25, 0.3) is 0 Å². The smallest absolute Gasteiger partial charge is 0.0308 e. The predicted molar refractivity (Wildman–Crippen MR) is 78.9 cm³/mol. The Kier molecular flexibility index (Phi) is 4.71. The van der Waals surface area contributed by atoms with Crippen LogP contribution in [0.5, 0.6) is 0 Å². The molecule has 2 fully saturated rings. The van der Waals surface area contributed by atoms with Crippen molar-refractivity contribution < 1.29 is 0 Å². The number of hydrogen-bond acceptors (Lipinski definition) is 2. The van der Waals surface area contributed by atoms with Crippen LogP contribution in [0.4, 0.5) is 0 Å². The van der Waals surface area contributed by atoms with Crippen LogP contribution in [0.15, 0.2) is 0 Å². The number of hydrogen-bond donors (Lipinski definition) is 1. The van der Waals surface area contributed by atoms with Crippen LogP contribution >= 0.6 is 0 Å². The maximum Gasteiger partial charge on any atom is 0.0308 e. The van der Waals surface area contributed by atoms with Crippen molar-refractivity contribution in [3.8, 4) is 0 Å². The van der Waals surface area contributed by atoms with Crippen LogP contribution in [-0.4, -0.2) is 36.6 Å². The minimum absolute atomic E-state index is 0.312. The highest BCUT2D eigenvalue weighted by atomic mass is 15.2. The van der Waals surface area contributed by atoms with Gasteiger partial charge in [-0.1, -0.05) is 19.8 Å². The molecule has 1 N–H and O–H groups in total. The Labute approximate surface area is 114 Å². The summed E-state index contributed by atoms with van der Waals surface area (Å²) in [7, 11) is 2.17. The van der Waals surface area contributed by atoms with Gasteiger partial charge in [-0.05, 0) is 71.5 Å². The molecule has 0 radical (unpaired) electrons. The molecule has 2 nitrogen and oxygen atoms in total. The number of nitrogens with zero attached hydrogens (tertiary/aromatic N) is 1. The molecule has 2 heteroatoms. The molecule has 1 saturated carbocycles. The first-order valence-corrected chi connectivity index (χ1v) is 7.98. The van der Waals surface area contributed by atoms with Crippen molar-refractivity contribution in [3.63, 3.8) is 0 Å². The molecule has 0 aromatic rings. The fraction of sp³-hybridized carbons (Fsp3) is 1.00. The van der Waals surface area contributed by atoms with E-state index in [0.717, 1.165) is 11.8 Å². The highest BCUT2D eigenvalue weighted by Crippen LogP contribution is 2.37. The SMILES string of the molecule is CNC(C1CCCC(C)C1)C(C)(C)N1CCCC1. The molecular formula is C16H32N2. The van der Waals surface area contributed by atoms with Crippen molar-refractivity contribution in [3.05, 3.63) is 0 Å². The second-order valence-corrected chi connectivity index (χ2v) is 7.15. The molecule has 3 unspecified atom stereocenters. The standard InChI is InChI=1S/C16H32N2/c1-13-8-7-9-14(12-13)15(17-4)16(2,3)18-10-5-6-11-18/h13-15,17H,5-12H2,1-4H3. The van der Waals surface area contributed by atoms with E-state index in [2.05, 4.69) is 38.0 Å². The Morgan fingerprint density at radius 3 is 2.33 bits per heavy atom. The molecular weight excluding hydrogens is 220 g/mol. The van der Waals surface area contributed by atoms with Crippen LogP contribution in [-0.2, 0) is 0 Å². The third-order valence-corrected chi connectivity index (χ3v) is 5.44. The topological polar surface area (TPSA) is 15.3 Å². The summed E-state index contributed by atoms with van der Waals surface area (Å²) in [5, 5.41) is 3.67. The van der Waals surface area contributed by atoms with Crippen molar-refractivity contribution in [2.45, 2.75) is 70.9 Å². The molecule has 1 heterocycles. The van der Waals surface area contributed by atoms with E-state index in [1.54, 1.807) is 0 Å². The zero-order chi connectivity index (χ0) is 13.2. The van der Waals surface area contributed by atoms with Gasteiger partial charge in [0, 0.05) is 11.6 Å². The van der Waals surface area contributed by atoms with Gasteiger partial charge in [-0.25, -0.2) is 0 Å². The Morgan fingerprint density at radius 2 is 1.78 bits per heavy atom. The Morgan fingerprint density at radius 1 is 1.11 bits per heavy atom. The summed E-state index contributed by atoms with van der Waals surface area (Å²) in [5.74, 6) is 1.79. The van der Waals surface area contributed by atoms with Crippen LogP contribution < -0.4 is 5.32 Å². The summed E-state index contributed by atoms with van der Waals surface area (Å²) in [6.45, 7) is 9.94. The molecule has 2 rings (SSSR count). The van der Waals surface area contributed by atoms with Crippen molar-refractivity contribution >= 4 is 0 Å². The second-order valence-electron chi connectivity index (χ2n) is 7.15. The quantitative estimate of drug-likeness (QED) is 0.826. The molecule has 1 aliphatic heterocycles. The van der Waals surface area contributed by atoms with E-state index in [1.807, 2.05) is 0 Å². The summed E-state index contributed by atoms with van der Waals surface area (Å²) in [6, 6.07) is 0.651. The van der Waals surface area contributed by atoms with E-state index in [0.29, 0.717) is 11.6 Å². The highest BCUT2D eigenvalue weighted by molar-refractivity contribution is 4.99. The largest absolute Gasteiger partial charge is 0.315 e. The molecule has 1 aliphatic carbocycles. The molecule has 2 aliphatic rings.